The van der Waals surface area contributed by atoms with Crippen LogP contribution in [0.2, 0.25) is 0 Å². The molecule has 2 aromatic rings. The monoisotopic (exact) mass is 396 g/mol. The van der Waals surface area contributed by atoms with Gasteiger partial charge in [0.1, 0.15) is 12.4 Å². The average molecular weight is 397 g/mol. The Labute approximate surface area is 172 Å². The summed E-state index contributed by atoms with van der Waals surface area (Å²) in [5.41, 5.74) is 2.01. The van der Waals surface area contributed by atoms with Crippen LogP contribution in [0, 0.1) is 5.82 Å². The highest BCUT2D eigenvalue weighted by Crippen LogP contribution is 2.31. The van der Waals surface area contributed by atoms with Crippen LogP contribution in [0.5, 0.6) is 0 Å². The number of morpholine rings is 1. The summed E-state index contributed by atoms with van der Waals surface area (Å²) in [6.45, 7) is 4.22. The molecule has 1 spiro atoms. The molecule has 1 atom stereocenters. The molecule has 4 rings (SSSR count). The number of rotatable bonds is 5. The molecule has 154 valence electrons. The van der Waals surface area contributed by atoms with Gasteiger partial charge in [0.15, 0.2) is 0 Å². The van der Waals surface area contributed by atoms with E-state index in [0.717, 1.165) is 57.4 Å². The highest BCUT2D eigenvalue weighted by Gasteiger charge is 2.40. The fourth-order valence-corrected chi connectivity index (χ4v) is 4.48. The van der Waals surface area contributed by atoms with Gasteiger partial charge < -0.3 is 9.64 Å². The normalized spacial score (nSPS) is 23.3. The van der Waals surface area contributed by atoms with Gasteiger partial charge in [0.25, 0.3) is 0 Å². The summed E-state index contributed by atoms with van der Waals surface area (Å²) < 4.78 is 19.6. The van der Waals surface area contributed by atoms with Crippen molar-refractivity contribution in [3.63, 3.8) is 0 Å². The number of hydrogen-bond donors (Lipinski definition) is 0. The molecule has 0 saturated carbocycles. The Kier molecular flexibility index (Phi) is 6.26. The van der Waals surface area contributed by atoms with E-state index in [0.29, 0.717) is 6.54 Å². The number of ether oxygens (including phenoxy) is 1. The minimum Gasteiger partial charge on any atom is -0.363 e. The second-order valence-corrected chi connectivity index (χ2v) is 8.28. The second-order valence-electron chi connectivity index (χ2n) is 8.28. The summed E-state index contributed by atoms with van der Waals surface area (Å²) >= 11 is 0. The van der Waals surface area contributed by atoms with Crippen molar-refractivity contribution in [3.05, 3.63) is 71.5 Å². The van der Waals surface area contributed by atoms with E-state index < -0.39 is 0 Å². The zero-order chi connectivity index (χ0) is 20.1. The highest BCUT2D eigenvalue weighted by molar-refractivity contribution is 5.78. The maximum atomic E-state index is 13.5. The van der Waals surface area contributed by atoms with Crippen molar-refractivity contribution in [2.45, 2.75) is 37.8 Å². The Balaban J connectivity index is 1.35. The van der Waals surface area contributed by atoms with Crippen LogP contribution in [0.15, 0.2) is 54.6 Å². The first-order valence-electron chi connectivity index (χ1n) is 10.5. The molecule has 2 saturated heterocycles. The first kappa shape index (κ1) is 20.0. The van der Waals surface area contributed by atoms with E-state index in [1.165, 1.54) is 11.6 Å². The van der Waals surface area contributed by atoms with E-state index in [1.54, 1.807) is 12.1 Å². The average Bonchev–Trinajstić information content (AvgIpc) is 2.92. The molecule has 0 N–H and O–H groups in total. The van der Waals surface area contributed by atoms with Crippen LogP contribution in [0.25, 0.3) is 0 Å². The van der Waals surface area contributed by atoms with Crippen LogP contribution in [-0.2, 0) is 22.5 Å². The lowest BCUT2D eigenvalue weighted by atomic mass is 9.92. The van der Waals surface area contributed by atoms with E-state index in [2.05, 4.69) is 17.0 Å². The first-order valence-corrected chi connectivity index (χ1v) is 10.5. The lowest BCUT2D eigenvalue weighted by molar-refractivity contribution is -0.165. The summed E-state index contributed by atoms with van der Waals surface area (Å²) in [5, 5.41) is 0. The van der Waals surface area contributed by atoms with Gasteiger partial charge in [0, 0.05) is 26.2 Å². The maximum absolute atomic E-state index is 13.5. The Morgan fingerprint density at radius 3 is 2.66 bits per heavy atom. The number of halogens is 1. The van der Waals surface area contributed by atoms with Crippen LogP contribution >= 0.6 is 0 Å². The third-order valence-corrected chi connectivity index (χ3v) is 6.13. The molecular formula is C24H29FN2O2. The third kappa shape index (κ3) is 5.22. The Morgan fingerprint density at radius 1 is 1.00 bits per heavy atom. The number of hydrogen-bond acceptors (Lipinski definition) is 3. The molecular weight excluding hydrogens is 367 g/mol. The standard InChI is InChI=1S/C24H29FN2O2/c25-22-9-4-8-21(16-22)17-26-13-5-11-24(12-15-26)19-27(23(28)18-29-24)14-10-20-6-2-1-3-7-20/h1-4,6-9,16H,5,10-15,17-19H2. The van der Waals surface area contributed by atoms with Gasteiger partial charge in [-0.05, 0) is 55.5 Å². The molecule has 0 bridgehead atoms. The van der Waals surface area contributed by atoms with E-state index in [9.17, 15) is 9.18 Å². The summed E-state index contributed by atoms with van der Waals surface area (Å²) in [6, 6.07) is 17.1. The van der Waals surface area contributed by atoms with Crippen molar-refractivity contribution in [2.24, 2.45) is 0 Å². The molecule has 2 aromatic carbocycles. The van der Waals surface area contributed by atoms with Crippen LogP contribution in [-0.4, -0.2) is 54.1 Å². The minimum atomic E-state index is -0.249. The quantitative estimate of drug-likeness (QED) is 0.773. The SMILES string of the molecule is O=C1COC2(CCCN(Cc3cccc(F)c3)CC2)CN1CCc1ccccc1. The van der Waals surface area contributed by atoms with Gasteiger partial charge in [-0.25, -0.2) is 4.39 Å². The van der Waals surface area contributed by atoms with E-state index in [4.69, 9.17) is 4.74 Å². The fourth-order valence-electron chi connectivity index (χ4n) is 4.48. The highest BCUT2D eigenvalue weighted by atomic mass is 19.1. The summed E-state index contributed by atoms with van der Waals surface area (Å²) in [5.74, 6) is -0.0932. The van der Waals surface area contributed by atoms with E-state index >= 15 is 0 Å². The Bertz CT molecular complexity index is 829. The summed E-state index contributed by atoms with van der Waals surface area (Å²) in [7, 11) is 0. The van der Waals surface area contributed by atoms with E-state index in [-0.39, 0.29) is 23.9 Å². The molecule has 29 heavy (non-hydrogen) atoms. The third-order valence-electron chi connectivity index (χ3n) is 6.13. The first-order chi connectivity index (χ1) is 14.1. The zero-order valence-electron chi connectivity index (χ0n) is 16.9. The lowest BCUT2D eigenvalue weighted by Crippen LogP contribution is -2.55. The summed E-state index contributed by atoms with van der Waals surface area (Å²) in [4.78, 5) is 16.8. The molecule has 2 aliphatic heterocycles. The molecule has 0 aromatic heterocycles. The molecule has 4 nitrogen and oxygen atoms in total. The van der Waals surface area contributed by atoms with Gasteiger partial charge in [-0.15, -0.1) is 0 Å². The number of amides is 1. The molecule has 0 aliphatic carbocycles. The van der Waals surface area contributed by atoms with Gasteiger partial charge in [0.05, 0.1) is 5.60 Å². The van der Waals surface area contributed by atoms with Crippen LogP contribution in [0.4, 0.5) is 4.39 Å². The molecule has 5 heteroatoms. The van der Waals surface area contributed by atoms with Crippen molar-refractivity contribution in [1.29, 1.82) is 0 Å². The van der Waals surface area contributed by atoms with E-state index in [1.807, 2.05) is 29.2 Å². The number of nitrogens with zero attached hydrogens (tertiary/aromatic N) is 2. The van der Waals surface area contributed by atoms with Crippen molar-refractivity contribution in [3.8, 4) is 0 Å². The zero-order valence-corrected chi connectivity index (χ0v) is 16.9. The number of benzene rings is 2. The fraction of sp³-hybridized carbons (Fsp3) is 0.458. The van der Waals surface area contributed by atoms with Gasteiger partial charge in [0.2, 0.25) is 5.91 Å². The van der Waals surface area contributed by atoms with Crippen molar-refractivity contribution in [2.75, 3.05) is 32.8 Å². The molecule has 2 heterocycles. The molecule has 2 aliphatic rings. The molecule has 2 fully saturated rings. The van der Waals surface area contributed by atoms with Crippen molar-refractivity contribution < 1.29 is 13.9 Å². The predicted molar refractivity (Wildman–Crippen MR) is 111 cm³/mol. The molecule has 1 amide bonds. The van der Waals surface area contributed by atoms with Crippen LogP contribution < -0.4 is 0 Å². The van der Waals surface area contributed by atoms with Crippen molar-refractivity contribution in [1.82, 2.24) is 9.80 Å². The lowest BCUT2D eigenvalue weighted by Gasteiger charge is -2.42. The van der Waals surface area contributed by atoms with Gasteiger partial charge >= 0.3 is 0 Å². The smallest absolute Gasteiger partial charge is 0.248 e. The second kappa shape index (κ2) is 9.06. The Hall–Kier alpha value is -2.24. The predicted octanol–water partition coefficient (Wildman–Crippen LogP) is 3.65. The van der Waals surface area contributed by atoms with Gasteiger partial charge in [-0.3, -0.25) is 9.69 Å². The number of carbonyl (C=O) groups excluding carboxylic acids is 1. The number of likely N-dealkylation sites (tertiary alicyclic amines) is 1. The topological polar surface area (TPSA) is 32.8 Å². The molecule has 1 unspecified atom stereocenters. The van der Waals surface area contributed by atoms with Crippen molar-refractivity contribution >= 4 is 5.91 Å². The Morgan fingerprint density at radius 2 is 1.83 bits per heavy atom. The van der Waals surface area contributed by atoms with Crippen LogP contribution in [0.1, 0.15) is 30.4 Å². The molecule has 0 radical (unpaired) electrons. The van der Waals surface area contributed by atoms with Gasteiger partial charge in [-0.1, -0.05) is 42.5 Å². The largest absolute Gasteiger partial charge is 0.363 e. The minimum absolute atomic E-state index is 0.0902. The van der Waals surface area contributed by atoms with Crippen LogP contribution in [0.3, 0.4) is 0 Å². The number of carbonyl (C=O) groups is 1. The summed E-state index contributed by atoms with van der Waals surface area (Å²) in [6.07, 6.45) is 3.75. The van der Waals surface area contributed by atoms with Gasteiger partial charge in [-0.2, -0.15) is 0 Å². The maximum Gasteiger partial charge on any atom is 0.248 e.